The largest absolute Gasteiger partial charge is 0.326 e. The van der Waals surface area contributed by atoms with Gasteiger partial charge < -0.3 is 5.32 Å². The lowest BCUT2D eigenvalue weighted by atomic mass is 9.86. The maximum atomic E-state index is 12.0. The number of rotatable bonds is 7. The Morgan fingerprint density at radius 3 is 2.65 bits per heavy atom. The van der Waals surface area contributed by atoms with Gasteiger partial charge in [0.15, 0.2) is 9.84 Å². The molecule has 23 heavy (non-hydrogen) atoms. The van der Waals surface area contributed by atoms with Crippen LogP contribution in [0.3, 0.4) is 0 Å². The molecular weight excluding hydrogens is 310 g/mol. The van der Waals surface area contributed by atoms with Gasteiger partial charge in [-0.05, 0) is 36.5 Å². The number of carbonyl (C=O) groups excluding carboxylic acids is 1. The Morgan fingerprint density at radius 2 is 1.96 bits per heavy atom. The van der Waals surface area contributed by atoms with Gasteiger partial charge >= 0.3 is 0 Å². The SMILES string of the molecule is CS(=O)(=O)Cc1cccc(NC(=O)CCCC2CCCCC2)c1. The minimum Gasteiger partial charge on any atom is -0.326 e. The third-order valence-corrected chi connectivity index (χ3v) is 5.24. The predicted octanol–water partition coefficient (Wildman–Crippen LogP) is 3.92. The molecule has 0 saturated heterocycles. The average Bonchev–Trinajstić information content (AvgIpc) is 2.47. The van der Waals surface area contributed by atoms with Crippen LogP contribution in [0.2, 0.25) is 0 Å². The van der Waals surface area contributed by atoms with Crippen molar-refractivity contribution < 1.29 is 13.2 Å². The van der Waals surface area contributed by atoms with Crippen molar-refractivity contribution in [2.45, 2.75) is 57.1 Å². The van der Waals surface area contributed by atoms with E-state index in [0.29, 0.717) is 17.7 Å². The highest BCUT2D eigenvalue weighted by Gasteiger charge is 2.13. The molecule has 0 atom stereocenters. The van der Waals surface area contributed by atoms with Crippen LogP contribution in [-0.2, 0) is 20.4 Å². The first-order valence-electron chi connectivity index (χ1n) is 8.49. The van der Waals surface area contributed by atoms with Crippen molar-refractivity contribution in [1.29, 1.82) is 0 Å². The molecule has 1 aliphatic rings. The Hall–Kier alpha value is -1.36. The van der Waals surface area contributed by atoms with Gasteiger partial charge in [0.25, 0.3) is 0 Å². The molecule has 0 bridgehead atoms. The van der Waals surface area contributed by atoms with Gasteiger partial charge in [-0.3, -0.25) is 4.79 Å². The van der Waals surface area contributed by atoms with E-state index in [9.17, 15) is 13.2 Å². The number of hydrogen-bond donors (Lipinski definition) is 1. The monoisotopic (exact) mass is 337 g/mol. The first kappa shape index (κ1) is 18.0. The van der Waals surface area contributed by atoms with Crippen LogP contribution in [0, 0.1) is 5.92 Å². The van der Waals surface area contributed by atoms with E-state index in [0.717, 1.165) is 18.8 Å². The van der Waals surface area contributed by atoms with Gasteiger partial charge in [0.1, 0.15) is 0 Å². The maximum Gasteiger partial charge on any atom is 0.224 e. The summed E-state index contributed by atoms with van der Waals surface area (Å²) >= 11 is 0. The van der Waals surface area contributed by atoms with E-state index in [-0.39, 0.29) is 11.7 Å². The maximum absolute atomic E-state index is 12.0. The topological polar surface area (TPSA) is 63.2 Å². The Morgan fingerprint density at radius 1 is 1.22 bits per heavy atom. The summed E-state index contributed by atoms with van der Waals surface area (Å²) in [6.45, 7) is 0. The van der Waals surface area contributed by atoms with Crippen molar-refractivity contribution in [3.8, 4) is 0 Å². The Labute approximate surface area is 139 Å². The highest BCUT2D eigenvalue weighted by Crippen LogP contribution is 2.27. The van der Waals surface area contributed by atoms with Crippen LogP contribution < -0.4 is 5.32 Å². The lowest BCUT2D eigenvalue weighted by Crippen LogP contribution is -2.13. The van der Waals surface area contributed by atoms with Crippen molar-refractivity contribution >= 4 is 21.4 Å². The zero-order valence-electron chi connectivity index (χ0n) is 13.9. The summed E-state index contributed by atoms with van der Waals surface area (Å²) in [4.78, 5) is 12.0. The molecule has 1 aromatic carbocycles. The molecule has 1 N–H and O–H groups in total. The van der Waals surface area contributed by atoms with Crippen molar-refractivity contribution in [3.63, 3.8) is 0 Å². The standard InChI is InChI=1S/C18H27NO3S/c1-23(21,22)14-16-10-5-11-17(13-16)19-18(20)12-6-9-15-7-3-2-4-8-15/h5,10-11,13,15H,2-4,6-9,12,14H2,1H3,(H,19,20). The molecule has 1 aromatic rings. The summed E-state index contributed by atoms with van der Waals surface area (Å²) < 4.78 is 22.7. The number of sulfone groups is 1. The molecule has 1 amide bonds. The summed E-state index contributed by atoms with van der Waals surface area (Å²) in [5.41, 5.74) is 1.38. The molecule has 5 heteroatoms. The first-order valence-corrected chi connectivity index (χ1v) is 10.5. The van der Waals surface area contributed by atoms with Crippen molar-refractivity contribution in [2.75, 3.05) is 11.6 Å². The van der Waals surface area contributed by atoms with E-state index < -0.39 is 9.84 Å². The van der Waals surface area contributed by atoms with E-state index in [4.69, 9.17) is 0 Å². The van der Waals surface area contributed by atoms with Crippen LogP contribution in [0.25, 0.3) is 0 Å². The first-order chi connectivity index (χ1) is 10.9. The molecule has 4 nitrogen and oxygen atoms in total. The number of carbonyl (C=O) groups is 1. The Kier molecular flexibility index (Phi) is 6.63. The van der Waals surface area contributed by atoms with Crippen LogP contribution in [0.5, 0.6) is 0 Å². The Balaban J connectivity index is 1.77. The molecule has 0 spiro atoms. The fourth-order valence-corrected chi connectivity index (χ4v) is 4.08. The van der Waals surface area contributed by atoms with Crippen LogP contribution in [0.1, 0.15) is 56.9 Å². The molecule has 2 rings (SSSR count). The van der Waals surface area contributed by atoms with Crippen LogP contribution in [0.4, 0.5) is 5.69 Å². The smallest absolute Gasteiger partial charge is 0.224 e. The zero-order chi connectivity index (χ0) is 16.7. The van der Waals surface area contributed by atoms with Gasteiger partial charge in [-0.15, -0.1) is 0 Å². The van der Waals surface area contributed by atoms with E-state index in [1.807, 2.05) is 0 Å². The summed E-state index contributed by atoms with van der Waals surface area (Å²) in [6, 6.07) is 7.07. The van der Waals surface area contributed by atoms with Gasteiger partial charge in [-0.2, -0.15) is 0 Å². The van der Waals surface area contributed by atoms with Gasteiger partial charge in [0.2, 0.25) is 5.91 Å². The van der Waals surface area contributed by atoms with Gasteiger partial charge in [0.05, 0.1) is 5.75 Å². The van der Waals surface area contributed by atoms with Crippen molar-refractivity contribution in [2.24, 2.45) is 5.92 Å². The molecule has 0 heterocycles. The van der Waals surface area contributed by atoms with Gasteiger partial charge in [0, 0.05) is 18.4 Å². The summed E-state index contributed by atoms with van der Waals surface area (Å²) in [7, 11) is -3.06. The molecule has 128 valence electrons. The van der Waals surface area contributed by atoms with Crippen LogP contribution in [0.15, 0.2) is 24.3 Å². The number of anilines is 1. The van der Waals surface area contributed by atoms with E-state index in [1.165, 1.54) is 38.4 Å². The second kappa shape index (κ2) is 8.48. The van der Waals surface area contributed by atoms with Gasteiger partial charge in [-0.25, -0.2) is 8.42 Å². The third kappa shape index (κ3) is 7.16. The normalized spacial score (nSPS) is 16.2. The van der Waals surface area contributed by atoms with E-state index in [1.54, 1.807) is 24.3 Å². The Bertz CT molecular complexity index is 619. The molecule has 0 unspecified atom stereocenters. The summed E-state index contributed by atoms with van der Waals surface area (Å²) in [5.74, 6) is 0.810. The summed E-state index contributed by atoms with van der Waals surface area (Å²) in [6.07, 6.45) is 10.5. The van der Waals surface area contributed by atoms with E-state index in [2.05, 4.69) is 5.32 Å². The number of benzene rings is 1. The second-order valence-electron chi connectivity index (χ2n) is 6.71. The average molecular weight is 337 g/mol. The third-order valence-electron chi connectivity index (χ3n) is 4.38. The molecule has 0 aromatic heterocycles. The highest BCUT2D eigenvalue weighted by molar-refractivity contribution is 7.89. The van der Waals surface area contributed by atoms with Crippen LogP contribution >= 0.6 is 0 Å². The fourth-order valence-electron chi connectivity index (χ4n) is 3.29. The lowest BCUT2D eigenvalue weighted by Gasteiger charge is -2.21. The predicted molar refractivity (Wildman–Crippen MR) is 94.0 cm³/mol. The molecule has 1 aliphatic carbocycles. The van der Waals surface area contributed by atoms with Crippen molar-refractivity contribution in [3.05, 3.63) is 29.8 Å². The number of amides is 1. The lowest BCUT2D eigenvalue weighted by molar-refractivity contribution is -0.116. The highest BCUT2D eigenvalue weighted by atomic mass is 32.2. The summed E-state index contributed by atoms with van der Waals surface area (Å²) in [5, 5.41) is 2.87. The fraction of sp³-hybridized carbons (Fsp3) is 0.611. The molecule has 0 radical (unpaired) electrons. The molecular formula is C18H27NO3S. The van der Waals surface area contributed by atoms with E-state index >= 15 is 0 Å². The minimum absolute atomic E-state index is 0.00160. The van der Waals surface area contributed by atoms with Crippen LogP contribution in [-0.4, -0.2) is 20.6 Å². The molecule has 1 saturated carbocycles. The molecule has 0 aliphatic heterocycles. The van der Waals surface area contributed by atoms with Gasteiger partial charge in [-0.1, -0.05) is 44.2 Å². The van der Waals surface area contributed by atoms with Crippen molar-refractivity contribution in [1.82, 2.24) is 0 Å². The number of nitrogens with one attached hydrogen (secondary N) is 1. The quantitative estimate of drug-likeness (QED) is 0.820. The number of hydrogen-bond acceptors (Lipinski definition) is 3. The molecule has 1 fully saturated rings. The second-order valence-corrected chi connectivity index (χ2v) is 8.86. The minimum atomic E-state index is -3.06. The zero-order valence-corrected chi connectivity index (χ0v) is 14.7.